The number of hydrogen-bond acceptors (Lipinski definition) is 3. The van der Waals surface area contributed by atoms with Gasteiger partial charge in [-0.3, -0.25) is 5.43 Å². The second-order valence-electron chi connectivity index (χ2n) is 10.0. The molecule has 40 heavy (non-hydrogen) atoms. The van der Waals surface area contributed by atoms with Crippen LogP contribution in [0.5, 0.6) is 0 Å². The van der Waals surface area contributed by atoms with Crippen molar-refractivity contribution in [2.45, 2.75) is 18.4 Å². The maximum absolute atomic E-state index is 13.3. The van der Waals surface area contributed by atoms with E-state index in [-0.39, 0.29) is 12.5 Å². The molecule has 1 aliphatic rings. The van der Waals surface area contributed by atoms with Crippen LogP contribution in [0, 0.1) is 6.92 Å². The molecule has 4 nitrogen and oxygen atoms in total. The predicted octanol–water partition coefficient (Wildman–Crippen LogP) is 7.98. The third kappa shape index (κ3) is 4.66. The molecule has 0 radical (unpaired) electrons. The van der Waals surface area contributed by atoms with Crippen LogP contribution in [0.1, 0.15) is 39.3 Å². The van der Waals surface area contributed by atoms with Crippen molar-refractivity contribution in [3.05, 3.63) is 166 Å². The molecule has 5 aromatic carbocycles. The van der Waals surface area contributed by atoms with E-state index in [1.807, 2.05) is 85.8 Å². The van der Waals surface area contributed by atoms with Gasteiger partial charge >= 0.3 is 6.09 Å². The van der Waals surface area contributed by atoms with E-state index in [9.17, 15) is 4.79 Å². The van der Waals surface area contributed by atoms with Crippen molar-refractivity contribution in [3.8, 4) is 11.1 Å². The number of benzene rings is 5. The Morgan fingerprint density at radius 2 is 1.27 bits per heavy atom. The summed E-state index contributed by atoms with van der Waals surface area (Å²) in [6, 6.07) is 42.4. The smallest absolute Gasteiger partial charge is 0.421 e. The Hall–Kier alpha value is -4.38. The summed E-state index contributed by atoms with van der Waals surface area (Å²) in [5, 5.41) is 0.578. The van der Waals surface area contributed by atoms with E-state index in [1.165, 1.54) is 22.3 Å². The molecule has 1 aliphatic carbocycles. The fourth-order valence-electron chi connectivity index (χ4n) is 5.73. The quantitative estimate of drug-likeness (QED) is 0.161. The lowest BCUT2D eigenvalue weighted by atomic mass is 9.77. The monoisotopic (exact) mass is 544 g/mol. The number of fused-ring (bicyclic) bond motifs is 3. The van der Waals surface area contributed by atoms with Gasteiger partial charge in [-0.1, -0.05) is 138 Å². The van der Waals surface area contributed by atoms with Crippen LogP contribution in [-0.4, -0.2) is 12.7 Å². The first-order valence-corrected chi connectivity index (χ1v) is 13.7. The van der Waals surface area contributed by atoms with E-state index >= 15 is 0 Å². The lowest BCUT2D eigenvalue weighted by molar-refractivity contribution is 0.134. The molecule has 5 aromatic rings. The van der Waals surface area contributed by atoms with Crippen LogP contribution < -0.4 is 10.9 Å². The Morgan fingerprint density at radius 3 is 1.93 bits per heavy atom. The third-order valence-corrected chi connectivity index (χ3v) is 7.99. The summed E-state index contributed by atoms with van der Waals surface area (Å²) in [4.78, 5) is 13.3. The van der Waals surface area contributed by atoms with Crippen LogP contribution in [0.4, 0.5) is 4.79 Å². The summed E-state index contributed by atoms with van der Waals surface area (Å²) < 4.78 is 5.85. The molecule has 0 saturated carbocycles. The SMILES string of the molecule is Cc1ccc(C(NNC(=O)OCC2c3ccccc3-c3ccccc32)(c2ccccc2)c2ccccc2Cl)cc1. The van der Waals surface area contributed by atoms with Gasteiger partial charge in [-0.05, 0) is 46.4 Å². The fraction of sp³-hybridized carbons (Fsp3) is 0.114. The molecule has 198 valence electrons. The summed E-state index contributed by atoms with van der Waals surface area (Å²) in [7, 11) is 0. The summed E-state index contributed by atoms with van der Waals surface area (Å²) in [5.74, 6) is -0.0299. The third-order valence-electron chi connectivity index (χ3n) is 7.66. The first-order valence-electron chi connectivity index (χ1n) is 13.3. The van der Waals surface area contributed by atoms with Gasteiger partial charge in [0, 0.05) is 16.5 Å². The standard InChI is InChI=1S/C35H29ClN2O2/c1-24-19-21-26(22-20-24)35(25-11-3-2-4-12-25,32-17-9-10-18-33(32)36)38-37-34(39)40-23-31-29-15-7-5-13-27(29)28-14-6-8-16-30(28)31/h2-22,31,38H,23H2,1H3,(H,37,39). The number of carbonyl (C=O) groups excluding carboxylic acids is 1. The zero-order chi connectivity index (χ0) is 27.5. The van der Waals surface area contributed by atoms with Crippen LogP contribution in [0.3, 0.4) is 0 Å². The van der Waals surface area contributed by atoms with Crippen molar-refractivity contribution in [2.75, 3.05) is 6.61 Å². The van der Waals surface area contributed by atoms with Gasteiger partial charge < -0.3 is 4.74 Å². The Morgan fingerprint density at radius 1 is 0.725 bits per heavy atom. The van der Waals surface area contributed by atoms with Crippen molar-refractivity contribution < 1.29 is 9.53 Å². The molecule has 1 atom stereocenters. The van der Waals surface area contributed by atoms with Crippen molar-refractivity contribution in [2.24, 2.45) is 0 Å². The van der Waals surface area contributed by atoms with Gasteiger partial charge in [-0.25, -0.2) is 10.2 Å². The number of hydrazine groups is 1. The molecule has 2 N–H and O–H groups in total. The summed E-state index contributed by atoms with van der Waals surface area (Å²) in [5.41, 5.74) is 13.7. The fourth-order valence-corrected chi connectivity index (χ4v) is 6.00. The molecule has 1 unspecified atom stereocenters. The highest BCUT2D eigenvalue weighted by atomic mass is 35.5. The molecular weight excluding hydrogens is 516 g/mol. The molecule has 1 amide bonds. The molecule has 0 aromatic heterocycles. The predicted molar refractivity (Wildman–Crippen MR) is 160 cm³/mol. The lowest BCUT2D eigenvalue weighted by Gasteiger charge is -2.37. The molecule has 0 saturated heterocycles. The Kier molecular flexibility index (Phi) is 7.12. The molecule has 0 heterocycles. The van der Waals surface area contributed by atoms with E-state index in [0.29, 0.717) is 5.02 Å². The van der Waals surface area contributed by atoms with Crippen molar-refractivity contribution in [1.82, 2.24) is 10.9 Å². The minimum Gasteiger partial charge on any atom is -0.448 e. The second-order valence-corrected chi connectivity index (χ2v) is 10.4. The highest BCUT2D eigenvalue weighted by molar-refractivity contribution is 6.31. The number of halogens is 1. The minimum absolute atomic E-state index is 0.0299. The molecule has 0 aliphatic heterocycles. The van der Waals surface area contributed by atoms with Crippen LogP contribution in [0.15, 0.2) is 127 Å². The van der Waals surface area contributed by atoms with E-state index in [0.717, 1.165) is 22.3 Å². The Balaban J connectivity index is 1.31. The van der Waals surface area contributed by atoms with Crippen molar-refractivity contribution in [1.29, 1.82) is 0 Å². The van der Waals surface area contributed by atoms with Gasteiger partial charge in [0.05, 0.1) is 0 Å². The first-order chi connectivity index (χ1) is 19.6. The van der Waals surface area contributed by atoms with E-state index in [1.54, 1.807) is 0 Å². The van der Waals surface area contributed by atoms with Crippen LogP contribution in [-0.2, 0) is 10.3 Å². The minimum atomic E-state index is -0.973. The number of rotatable bonds is 7. The maximum Gasteiger partial charge on any atom is 0.421 e. The van der Waals surface area contributed by atoms with Gasteiger partial charge in [-0.15, -0.1) is 0 Å². The normalized spacial score (nSPS) is 13.7. The summed E-state index contributed by atoms with van der Waals surface area (Å²) in [6.45, 7) is 2.27. The van der Waals surface area contributed by atoms with Gasteiger partial charge in [0.2, 0.25) is 0 Å². The van der Waals surface area contributed by atoms with Crippen molar-refractivity contribution in [3.63, 3.8) is 0 Å². The van der Waals surface area contributed by atoms with Gasteiger partial charge in [0.1, 0.15) is 12.1 Å². The highest BCUT2D eigenvalue weighted by Crippen LogP contribution is 2.44. The second kappa shape index (κ2) is 11.0. The average Bonchev–Trinajstić information content (AvgIpc) is 3.32. The van der Waals surface area contributed by atoms with E-state index in [4.69, 9.17) is 16.3 Å². The largest absolute Gasteiger partial charge is 0.448 e. The Bertz CT molecular complexity index is 1610. The highest BCUT2D eigenvalue weighted by Gasteiger charge is 2.39. The molecule has 0 bridgehead atoms. The number of aryl methyl sites for hydroxylation is 1. The molecule has 6 rings (SSSR count). The zero-order valence-corrected chi connectivity index (χ0v) is 22.9. The molecule has 0 spiro atoms. The maximum atomic E-state index is 13.3. The molecular formula is C35H29ClN2O2. The van der Waals surface area contributed by atoms with Crippen LogP contribution >= 0.6 is 11.6 Å². The van der Waals surface area contributed by atoms with Gasteiger partial charge in [0.15, 0.2) is 0 Å². The number of ether oxygens (including phenoxy) is 1. The van der Waals surface area contributed by atoms with Gasteiger partial charge in [0.25, 0.3) is 0 Å². The summed E-state index contributed by atoms with van der Waals surface area (Å²) >= 11 is 6.81. The van der Waals surface area contributed by atoms with Crippen molar-refractivity contribution >= 4 is 17.7 Å². The summed E-state index contributed by atoms with van der Waals surface area (Å²) in [6.07, 6.45) is -0.568. The first kappa shape index (κ1) is 25.9. The topological polar surface area (TPSA) is 50.4 Å². The average molecular weight is 545 g/mol. The number of nitrogens with one attached hydrogen (secondary N) is 2. The van der Waals surface area contributed by atoms with E-state index < -0.39 is 11.6 Å². The van der Waals surface area contributed by atoms with Crippen LogP contribution in [0.2, 0.25) is 5.02 Å². The zero-order valence-electron chi connectivity index (χ0n) is 22.1. The molecule has 0 fully saturated rings. The van der Waals surface area contributed by atoms with Crippen LogP contribution in [0.25, 0.3) is 11.1 Å². The number of hydrogen-bond donors (Lipinski definition) is 2. The number of amides is 1. The molecule has 5 heteroatoms. The van der Waals surface area contributed by atoms with Gasteiger partial charge in [-0.2, -0.15) is 0 Å². The number of carbonyl (C=O) groups is 1. The Labute approximate surface area is 239 Å². The lowest BCUT2D eigenvalue weighted by Crippen LogP contribution is -2.54. The van der Waals surface area contributed by atoms with E-state index in [2.05, 4.69) is 59.4 Å².